The first-order valence-electron chi connectivity index (χ1n) is 8.91. The second-order valence-corrected chi connectivity index (χ2v) is 7.24. The summed E-state index contributed by atoms with van der Waals surface area (Å²) < 4.78 is 0. The van der Waals surface area contributed by atoms with Crippen LogP contribution in [0.4, 0.5) is 0 Å². The van der Waals surface area contributed by atoms with Crippen LogP contribution >= 0.6 is 11.6 Å². The Balaban J connectivity index is 2.13. The highest BCUT2D eigenvalue weighted by molar-refractivity contribution is 6.30. The highest BCUT2D eigenvalue weighted by atomic mass is 35.5. The van der Waals surface area contributed by atoms with Crippen molar-refractivity contribution < 1.29 is 19.5 Å². The molecule has 7 heteroatoms. The van der Waals surface area contributed by atoms with Gasteiger partial charge in [-0.3, -0.25) is 14.4 Å². The normalized spacial score (nSPS) is 19.5. The smallest absolute Gasteiger partial charge is 0.308 e. The molecule has 1 saturated heterocycles. The second kappa shape index (κ2) is 9.03. The molecule has 0 spiro atoms. The van der Waals surface area contributed by atoms with Crippen LogP contribution in [0.2, 0.25) is 5.02 Å². The molecule has 1 heterocycles. The molecule has 6 nitrogen and oxygen atoms in total. The van der Waals surface area contributed by atoms with Crippen LogP contribution < -0.4 is 5.32 Å². The molecular formula is C19H25ClN2O4. The highest BCUT2D eigenvalue weighted by Crippen LogP contribution is 2.20. The minimum Gasteiger partial charge on any atom is -0.481 e. The fourth-order valence-electron chi connectivity index (χ4n) is 3.08. The number of nitrogens with zero attached hydrogens (tertiary/aromatic N) is 1. The van der Waals surface area contributed by atoms with Crippen LogP contribution in [0.5, 0.6) is 0 Å². The van der Waals surface area contributed by atoms with Gasteiger partial charge in [-0.1, -0.05) is 31.9 Å². The molecule has 1 aromatic carbocycles. The number of likely N-dealkylation sites (tertiary alicyclic amines) is 1. The SMILES string of the molecule is CCC(C)C(NC(=O)c1ccc(Cl)cc1)C(=O)N1CCC[C@H](C(=O)O)C1. The standard InChI is InChI=1S/C19H25ClN2O4/c1-3-12(2)16(21-17(23)13-6-8-15(20)9-7-13)18(24)22-10-4-5-14(11-22)19(25)26/h6-9,12,14,16H,3-5,10-11H2,1-2H3,(H,21,23)(H,25,26)/t12?,14-,16?/m0/s1. The second-order valence-electron chi connectivity index (χ2n) is 6.81. The van der Waals surface area contributed by atoms with Gasteiger partial charge in [0.05, 0.1) is 5.92 Å². The Hall–Kier alpha value is -2.08. The van der Waals surface area contributed by atoms with E-state index in [4.69, 9.17) is 11.6 Å². The molecule has 1 aliphatic heterocycles. The van der Waals surface area contributed by atoms with E-state index < -0.39 is 17.9 Å². The number of benzene rings is 1. The van der Waals surface area contributed by atoms with Crippen LogP contribution in [0.3, 0.4) is 0 Å². The van der Waals surface area contributed by atoms with E-state index in [1.54, 1.807) is 29.2 Å². The van der Waals surface area contributed by atoms with Crippen molar-refractivity contribution in [2.75, 3.05) is 13.1 Å². The van der Waals surface area contributed by atoms with Crippen molar-refractivity contribution in [3.63, 3.8) is 0 Å². The molecule has 2 N–H and O–H groups in total. The van der Waals surface area contributed by atoms with Gasteiger partial charge < -0.3 is 15.3 Å². The van der Waals surface area contributed by atoms with E-state index in [9.17, 15) is 19.5 Å². The summed E-state index contributed by atoms with van der Waals surface area (Å²) in [5, 5.41) is 12.6. The Labute approximate surface area is 158 Å². The molecule has 0 bridgehead atoms. The first kappa shape index (κ1) is 20.2. The lowest BCUT2D eigenvalue weighted by atomic mass is 9.94. The lowest BCUT2D eigenvalue weighted by Crippen LogP contribution is -2.54. The first-order valence-corrected chi connectivity index (χ1v) is 9.29. The molecule has 2 amide bonds. The van der Waals surface area contributed by atoms with Crippen LogP contribution in [0, 0.1) is 11.8 Å². The predicted molar refractivity (Wildman–Crippen MR) is 99.1 cm³/mol. The number of halogens is 1. The average molecular weight is 381 g/mol. The molecule has 0 aliphatic carbocycles. The van der Waals surface area contributed by atoms with Crippen molar-refractivity contribution in [3.05, 3.63) is 34.9 Å². The topological polar surface area (TPSA) is 86.7 Å². The van der Waals surface area contributed by atoms with Crippen LogP contribution in [0.1, 0.15) is 43.5 Å². The van der Waals surface area contributed by atoms with E-state index >= 15 is 0 Å². The largest absolute Gasteiger partial charge is 0.481 e. The highest BCUT2D eigenvalue weighted by Gasteiger charge is 2.34. The van der Waals surface area contributed by atoms with Gasteiger partial charge in [-0.2, -0.15) is 0 Å². The number of carbonyl (C=O) groups is 3. The van der Waals surface area contributed by atoms with Crippen molar-refractivity contribution in [3.8, 4) is 0 Å². The predicted octanol–water partition coefficient (Wildman–Crippen LogP) is 2.81. The van der Waals surface area contributed by atoms with Crippen molar-refractivity contribution in [1.29, 1.82) is 0 Å². The number of carbonyl (C=O) groups excluding carboxylic acids is 2. The van der Waals surface area contributed by atoms with Crippen LogP contribution in [-0.4, -0.2) is 46.9 Å². The molecule has 2 rings (SSSR count). The summed E-state index contributed by atoms with van der Waals surface area (Å²) in [4.78, 5) is 38.3. The Kier molecular flexibility index (Phi) is 7.03. The Bertz CT molecular complexity index is 662. The number of hydrogen-bond donors (Lipinski definition) is 2. The third-order valence-electron chi connectivity index (χ3n) is 4.95. The molecule has 1 aromatic rings. The quantitative estimate of drug-likeness (QED) is 0.794. The zero-order valence-electron chi connectivity index (χ0n) is 15.1. The monoisotopic (exact) mass is 380 g/mol. The summed E-state index contributed by atoms with van der Waals surface area (Å²) in [7, 11) is 0. The number of aliphatic carboxylic acids is 1. The van der Waals surface area contributed by atoms with Crippen molar-refractivity contribution in [2.45, 2.75) is 39.2 Å². The number of hydrogen-bond acceptors (Lipinski definition) is 3. The van der Waals surface area contributed by atoms with Crippen molar-refractivity contribution >= 4 is 29.4 Å². The zero-order valence-corrected chi connectivity index (χ0v) is 15.8. The first-order chi connectivity index (χ1) is 12.3. The molecule has 2 unspecified atom stereocenters. The van der Waals surface area contributed by atoms with Gasteiger partial charge in [0.15, 0.2) is 0 Å². The molecule has 0 radical (unpaired) electrons. The summed E-state index contributed by atoms with van der Waals surface area (Å²) in [5.74, 6) is -2.05. The maximum absolute atomic E-state index is 13.0. The Morgan fingerprint density at radius 2 is 1.96 bits per heavy atom. The zero-order chi connectivity index (χ0) is 19.3. The van der Waals surface area contributed by atoms with Gasteiger partial charge in [-0.25, -0.2) is 0 Å². The molecule has 0 aromatic heterocycles. The number of carboxylic acid groups (broad SMARTS) is 1. The molecule has 1 aliphatic rings. The van der Waals surface area contributed by atoms with Crippen LogP contribution in [0.25, 0.3) is 0 Å². The summed E-state index contributed by atoms with van der Waals surface area (Å²) in [5.41, 5.74) is 0.428. The van der Waals surface area contributed by atoms with Gasteiger partial charge >= 0.3 is 5.97 Å². The molecule has 26 heavy (non-hydrogen) atoms. The lowest BCUT2D eigenvalue weighted by Gasteiger charge is -2.35. The van der Waals surface area contributed by atoms with E-state index in [1.807, 2.05) is 13.8 Å². The Morgan fingerprint density at radius 3 is 2.54 bits per heavy atom. The number of piperidine rings is 1. The van der Waals surface area contributed by atoms with Gasteiger partial charge in [0.1, 0.15) is 6.04 Å². The summed E-state index contributed by atoms with van der Waals surface area (Å²) >= 11 is 5.85. The van der Waals surface area contributed by atoms with E-state index in [0.717, 1.165) is 0 Å². The van der Waals surface area contributed by atoms with E-state index in [0.29, 0.717) is 36.4 Å². The van der Waals surface area contributed by atoms with Crippen LogP contribution in [-0.2, 0) is 9.59 Å². The fourth-order valence-corrected chi connectivity index (χ4v) is 3.21. The van der Waals surface area contributed by atoms with Gasteiger partial charge in [0.25, 0.3) is 5.91 Å². The van der Waals surface area contributed by atoms with E-state index in [-0.39, 0.29) is 24.3 Å². The van der Waals surface area contributed by atoms with E-state index in [1.165, 1.54) is 0 Å². The third-order valence-corrected chi connectivity index (χ3v) is 5.21. The van der Waals surface area contributed by atoms with E-state index in [2.05, 4.69) is 5.32 Å². The third kappa shape index (κ3) is 4.97. The minimum atomic E-state index is -0.882. The minimum absolute atomic E-state index is 0.0658. The lowest BCUT2D eigenvalue weighted by molar-refractivity contribution is -0.146. The van der Waals surface area contributed by atoms with Gasteiger partial charge in [0.2, 0.25) is 5.91 Å². The average Bonchev–Trinajstić information content (AvgIpc) is 2.65. The van der Waals surface area contributed by atoms with Crippen molar-refractivity contribution in [1.82, 2.24) is 10.2 Å². The van der Waals surface area contributed by atoms with Gasteiger partial charge in [-0.15, -0.1) is 0 Å². The fraction of sp³-hybridized carbons (Fsp3) is 0.526. The number of rotatable bonds is 6. The molecule has 1 fully saturated rings. The maximum Gasteiger partial charge on any atom is 0.308 e. The maximum atomic E-state index is 13.0. The molecular weight excluding hydrogens is 356 g/mol. The number of amides is 2. The summed E-state index contributed by atoms with van der Waals surface area (Å²) in [6.07, 6.45) is 1.94. The van der Waals surface area contributed by atoms with Crippen LogP contribution in [0.15, 0.2) is 24.3 Å². The summed E-state index contributed by atoms with van der Waals surface area (Å²) in [6.45, 7) is 4.57. The number of carboxylic acids is 1. The van der Waals surface area contributed by atoms with Crippen molar-refractivity contribution in [2.24, 2.45) is 11.8 Å². The van der Waals surface area contributed by atoms with Gasteiger partial charge in [0, 0.05) is 23.7 Å². The molecule has 3 atom stereocenters. The Morgan fingerprint density at radius 1 is 1.31 bits per heavy atom. The summed E-state index contributed by atoms with van der Waals surface area (Å²) in [6, 6.07) is 5.78. The number of nitrogens with one attached hydrogen (secondary N) is 1. The molecule has 142 valence electrons. The molecule has 0 saturated carbocycles. The van der Waals surface area contributed by atoms with Gasteiger partial charge in [-0.05, 0) is 43.0 Å².